The van der Waals surface area contributed by atoms with Gasteiger partial charge in [0.1, 0.15) is 11.3 Å². The average molecular weight is 429 g/mol. The third kappa shape index (κ3) is 15.0. The minimum absolute atomic E-state index is 0. The zero-order valence-corrected chi connectivity index (χ0v) is 18.3. The third-order valence-corrected chi connectivity index (χ3v) is 5.31. The van der Waals surface area contributed by atoms with Crippen LogP contribution in [0.2, 0.25) is 0 Å². The maximum absolute atomic E-state index is 11.8. The first-order valence-electron chi connectivity index (χ1n) is 11.7. The molecule has 0 spiro atoms. The second-order valence-corrected chi connectivity index (χ2v) is 7.98. The van der Waals surface area contributed by atoms with Crippen LogP contribution in [0.15, 0.2) is 24.3 Å². The number of para-hydroxylation sites is 1. The normalized spacial score (nSPS) is 10.4. The Labute approximate surface area is 205 Å². The summed E-state index contributed by atoms with van der Waals surface area (Å²) >= 11 is 0. The number of unbranched alkanes of at least 4 members (excludes halogenated alkanes) is 14. The van der Waals surface area contributed by atoms with Gasteiger partial charge >= 0.3 is 41.5 Å². The van der Waals surface area contributed by atoms with Crippen molar-refractivity contribution >= 4 is 41.5 Å². The van der Waals surface area contributed by atoms with Gasteiger partial charge in [-0.2, -0.15) is 0 Å². The quantitative estimate of drug-likeness (QED) is 0.130. The molecule has 0 amide bonds. The molecule has 0 aromatic heterocycles. The van der Waals surface area contributed by atoms with Crippen molar-refractivity contribution in [1.82, 2.24) is 0 Å². The molecular formula is C25H41NaO4. The van der Waals surface area contributed by atoms with Crippen LogP contribution in [0.4, 0.5) is 0 Å². The molecule has 0 aliphatic rings. The predicted molar refractivity (Wildman–Crippen MR) is 125 cm³/mol. The predicted octanol–water partition coefficient (Wildman–Crippen LogP) is 6.69. The number of hydrogen-bond donors (Lipinski definition) is 1. The number of phenols is 1. The van der Waals surface area contributed by atoms with Crippen LogP contribution in [-0.2, 0) is 9.53 Å². The van der Waals surface area contributed by atoms with Crippen LogP contribution in [-0.4, -0.2) is 46.6 Å². The van der Waals surface area contributed by atoms with E-state index in [0.717, 1.165) is 19.3 Å². The number of carbonyl (C=O) groups excluding carboxylic acids is 2. The van der Waals surface area contributed by atoms with Crippen molar-refractivity contribution in [3.05, 3.63) is 29.8 Å². The van der Waals surface area contributed by atoms with Crippen molar-refractivity contribution in [1.29, 1.82) is 0 Å². The first-order valence-corrected chi connectivity index (χ1v) is 11.7. The standard InChI is InChI=1S/C25H40O4.Na.H/c1-2-3-4-5-6-7-8-9-10-11-12-13-14-15-16-21-24(27)29-25(28)22-19-17-18-20-23(22)26;;/h17-20,26H,2-16,21H2,1H3;;. The van der Waals surface area contributed by atoms with Crippen LogP contribution in [0.3, 0.4) is 0 Å². The van der Waals surface area contributed by atoms with Gasteiger partial charge in [-0.1, -0.05) is 109 Å². The van der Waals surface area contributed by atoms with E-state index in [1.54, 1.807) is 12.1 Å². The van der Waals surface area contributed by atoms with Gasteiger partial charge < -0.3 is 9.84 Å². The molecule has 1 aromatic rings. The molecule has 0 heterocycles. The van der Waals surface area contributed by atoms with E-state index >= 15 is 0 Å². The summed E-state index contributed by atoms with van der Waals surface area (Å²) in [5.74, 6) is -1.47. The van der Waals surface area contributed by atoms with Gasteiger partial charge in [0, 0.05) is 6.42 Å². The van der Waals surface area contributed by atoms with E-state index in [1.807, 2.05) is 0 Å². The molecule has 5 heteroatoms. The van der Waals surface area contributed by atoms with Gasteiger partial charge in [0.25, 0.3) is 0 Å². The fourth-order valence-corrected chi connectivity index (χ4v) is 3.50. The summed E-state index contributed by atoms with van der Waals surface area (Å²) in [4.78, 5) is 23.6. The van der Waals surface area contributed by atoms with E-state index in [0.29, 0.717) is 0 Å². The van der Waals surface area contributed by atoms with Gasteiger partial charge in [-0.05, 0) is 18.6 Å². The third-order valence-electron chi connectivity index (χ3n) is 5.31. The first-order chi connectivity index (χ1) is 14.1. The van der Waals surface area contributed by atoms with E-state index in [2.05, 4.69) is 6.92 Å². The molecule has 0 unspecified atom stereocenters. The van der Waals surface area contributed by atoms with Gasteiger partial charge in [0.2, 0.25) is 0 Å². The molecule has 0 atom stereocenters. The van der Waals surface area contributed by atoms with E-state index in [1.165, 1.54) is 89.2 Å². The van der Waals surface area contributed by atoms with Crippen molar-refractivity contribution in [2.45, 2.75) is 110 Å². The van der Waals surface area contributed by atoms with Gasteiger partial charge in [0.05, 0.1) is 0 Å². The molecule has 0 bridgehead atoms. The minimum atomic E-state index is -0.783. The summed E-state index contributed by atoms with van der Waals surface area (Å²) in [6.07, 6.45) is 19.3. The number of carbonyl (C=O) groups is 2. The molecule has 1 aromatic carbocycles. The number of aromatic hydroxyl groups is 1. The van der Waals surface area contributed by atoms with Crippen molar-refractivity contribution in [3.63, 3.8) is 0 Å². The summed E-state index contributed by atoms with van der Waals surface area (Å²) in [5, 5.41) is 9.60. The summed E-state index contributed by atoms with van der Waals surface area (Å²) in [6.45, 7) is 2.26. The number of ether oxygens (including phenoxy) is 1. The van der Waals surface area contributed by atoms with Crippen LogP contribution >= 0.6 is 0 Å². The van der Waals surface area contributed by atoms with E-state index in [4.69, 9.17) is 4.74 Å². The molecule has 0 saturated heterocycles. The zero-order chi connectivity index (χ0) is 21.2. The van der Waals surface area contributed by atoms with Crippen molar-refractivity contribution in [3.8, 4) is 5.75 Å². The molecule has 4 nitrogen and oxygen atoms in total. The second kappa shape index (κ2) is 20.1. The Kier molecular flexibility index (Phi) is 19.5. The molecule has 1 rings (SSSR count). The summed E-state index contributed by atoms with van der Waals surface area (Å²) in [6, 6.07) is 6.08. The summed E-state index contributed by atoms with van der Waals surface area (Å²) < 4.78 is 4.80. The van der Waals surface area contributed by atoms with E-state index < -0.39 is 11.9 Å². The number of rotatable bonds is 17. The molecule has 0 radical (unpaired) electrons. The fourth-order valence-electron chi connectivity index (χ4n) is 3.50. The Hall–Kier alpha value is -0.840. The molecule has 166 valence electrons. The van der Waals surface area contributed by atoms with Gasteiger partial charge in [0.15, 0.2) is 0 Å². The van der Waals surface area contributed by atoms with Crippen LogP contribution in [0.5, 0.6) is 5.75 Å². The molecule has 0 saturated carbocycles. The van der Waals surface area contributed by atoms with Crippen molar-refractivity contribution in [2.75, 3.05) is 0 Å². The van der Waals surface area contributed by atoms with Crippen LogP contribution in [0, 0.1) is 0 Å². The summed E-state index contributed by atoms with van der Waals surface area (Å²) in [5.41, 5.74) is 0.0253. The Morgan fingerprint density at radius 2 is 1.17 bits per heavy atom. The van der Waals surface area contributed by atoms with E-state index in [9.17, 15) is 14.7 Å². The number of phenolic OH excluding ortho intramolecular Hbond substituents is 1. The molecule has 0 aliphatic heterocycles. The number of benzene rings is 1. The molecular weight excluding hydrogens is 387 g/mol. The van der Waals surface area contributed by atoms with E-state index in [-0.39, 0.29) is 47.3 Å². The van der Waals surface area contributed by atoms with Gasteiger partial charge in [-0.25, -0.2) is 4.79 Å². The maximum atomic E-state index is 11.8. The summed E-state index contributed by atoms with van der Waals surface area (Å²) in [7, 11) is 0. The van der Waals surface area contributed by atoms with Crippen LogP contribution < -0.4 is 0 Å². The molecule has 30 heavy (non-hydrogen) atoms. The topological polar surface area (TPSA) is 63.6 Å². The number of esters is 2. The molecule has 0 aliphatic carbocycles. The van der Waals surface area contributed by atoms with Crippen molar-refractivity contribution < 1.29 is 19.4 Å². The SMILES string of the molecule is CCCCCCCCCCCCCCCCCC(=O)OC(=O)c1ccccc1O.[NaH]. The van der Waals surface area contributed by atoms with Crippen molar-refractivity contribution in [2.24, 2.45) is 0 Å². The monoisotopic (exact) mass is 428 g/mol. The van der Waals surface area contributed by atoms with Gasteiger partial charge in [-0.15, -0.1) is 0 Å². The van der Waals surface area contributed by atoms with Crippen LogP contribution in [0.1, 0.15) is 120 Å². The Morgan fingerprint density at radius 1 is 0.733 bits per heavy atom. The fraction of sp³-hybridized carbons (Fsp3) is 0.680. The Morgan fingerprint density at radius 3 is 1.63 bits per heavy atom. The molecule has 0 fully saturated rings. The first kappa shape index (κ1) is 29.2. The second-order valence-electron chi connectivity index (χ2n) is 7.98. The van der Waals surface area contributed by atoms with Crippen LogP contribution in [0.25, 0.3) is 0 Å². The Bertz CT molecular complexity index is 574. The Balaban J connectivity index is 0.00000841. The van der Waals surface area contributed by atoms with Gasteiger partial charge in [-0.3, -0.25) is 4.79 Å². The number of hydrogen-bond acceptors (Lipinski definition) is 4. The zero-order valence-electron chi connectivity index (χ0n) is 18.3. The molecule has 1 N–H and O–H groups in total. The average Bonchev–Trinajstić information content (AvgIpc) is 2.71.